The van der Waals surface area contributed by atoms with Gasteiger partial charge in [-0.3, -0.25) is 9.59 Å². The molecule has 0 radical (unpaired) electrons. The SMILES string of the molecule is CC/C=C\C/C=C\C/C=C\C/C=C\C(CCCCCC(=O)O)OC(=O)CC. The van der Waals surface area contributed by atoms with Crippen molar-refractivity contribution in [2.45, 2.75) is 84.2 Å². The third kappa shape index (κ3) is 18.5. The minimum atomic E-state index is -0.761. The highest BCUT2D eigenvalue weighted by molar-refractivity contribution is 5.69. The summed E-state index contributed by atoms with van der Waals surface area (Å²) in [5.41, 5.74) is 0. The summed E-state index contributed by atoms with van der Waals surface area (Å²) in [6.07, 6.45) is 24.1. The van der Waals surface area contributed by atoms with Crippen LogP contribution in [0.15, 0.2) is 48.6 Å². The normalized spacial score (nSPS) is 13.3. The highest BCUT2D eigenvalue weighted by atomic mass is 16.5. The van der Waals surface area contributed by atoms with E-state index >= 15 is 0 Å². The van der Waals surface area contributed by atoms with Gasteiger partial charge in [0.15, 0.2) is 0 Å². The number of ether oxygens (including phenoxy) is 1. The van der Waals surface area contributed by atoms with Crippen LogP contribution in [-0.2, 0) is 14.3 Å². The molecule has 0 bridgehead atoms. The molecule has 0 saturated carbocycles. The van der Waals surface area contributed by atoms with Crippen molar-refractivity contribution in [1.29, 1.82) is 0 Å². The summed E-state index contributed by atoms with van der Waals surface area (Å²) in [4.78, 5) is 22.1. The number of aliphatic carboxylic acids is 1. The second kappa shape index (κ2) is 18.7. The number of hydrogen-bond acceptors (Lipinski definition) is 3. The number of carboxylic acids is 1. The van der Waals surface area contributed by atoms with Gasteiger partial charge in [0.2, 0.25) is 0 Å². The van der Waals surface area contributed by atoms with Crippen LogP contribution in [-0.4, -0.2) is 23.1 Å². The van der Waals surface area contributed by atoms with E-state index in [1.54, 1.807) is 6.92 Å². The van der Waals surface area contributed by atoms with E-state index in [1.807, 2.05) is 12.2 Å². The number of carboxylic acid groups (broad SMARTS) is 1. The molecule has 0 heterocycles. The molecule has 1 atom stereocenters. The van der Waals surface area contributed by atoms with Crippen molar-refractivity contribution in [3.63, 3.8) is 0 Å². The highest BCUT2D eigenvalue weighted by Gasteiger charge is 2.09. The largest absolute Gasteiger partial charge is 0.481 e. The van der Waals surface area contributed by atoms with Gasteiger partial charge in [0.1, 0.15) is 6.10 Å². The first-order valence-electron chi connectivity index (χ1n) is 10.1. The number of rotatable bonds is 16. The summed E-state index contributed by atoms with van der Waals surface area (Å²) in [5.74, 6) is -0.962. The Hall–Kier alpha value is -2.10. The van der Waals surface area contributed by atoms with Gasteiger partial charge in [0.05, 0.1) is 0 Å². The van der Waals surface area contributed by atoms with Gasteiger partial charge < -0.3 is 9.84 Å². The number of carbonyl (C=O) groups excluding carboxylic acids is 1. The molecule has 152 valence electrons. The van der Waals surface area contributed by atoms with Gasteiger partial charge in [-0.05, 0) is 51.0 Å². The quantitative estimate of drug-likeness (QED) is 0.199. The third-order valence-electron chi connectivity index (χ3n) is 3.85. The maximum atomic E-state index is 11.5. The summed E-state index contributed by atoms with van der Waals surface area (Å²) < 4.78 is 5.44. The Balaban J connectivity index is 4.12. The highest BCUT2D eigenvalue weighted by Crippen LogP contribution is 2.11. The van der Waals surface area contributed by atoms with Crippen molar-refractivity contribution in [2.24, 2.45) is 0 Å². The Kier molecular flexibility index (Phi) is 17.2. The molecule has 0 aromatic carbocycles. The van der Waals surface area contributed by atoms with Crippen LogP contribution in [0.3, 0.4) is 0 Å². The topological polar surface area (TPSA) is 63.6 Å². The molecule has 27 heavy (non-hydrogen) atoms. The Labute approximate surface area is 164 Å². The molecular formula is C23H36O4. The summed E-state index contributed by atoms with van der Waals surface area (Å²) >= 11 is 0. The Morgan fingerprint density at radius 3 is 2.00 bits per heavy atom. The molecule has 4 nitrogen and oxygen atoms in total. The fraction of sp³-hybridized carbons (Fsp3) is 0.565. The standard InChI is InChI=1S/C23H36O4/c1-3-5-6-7-8-9-10-11-12-13-15-18-21(27-23(26)4-2)19-16-14-17-20-22(24)25/h5-6,8-9,11-12,15,18,21H,3-4,7,10,13-14,16-17,19-20H2,1-2H3,(H,24,25)/b6-5-,9-8-,12-11-,18-15-. The summed E-state index contributed by atoms with van der Waals surface area (Å²) in [7, 11) is 0. The van der Waals surface area contributed by atoms with Crippen molar-refractivity contribution < 1.29 is 19.4 Å². The number of esters is 1. The molecule has 0 spiro atoms. The summed E-state index contributed by atoms with van der Waals surface area (Å²) in [6.45, 7) is 3.91. The Morgan fingerprint density at radius 1 is 0.852 bits per heavy atom. The molecular weight excluding hydrogens is 340 g/mol. The number of unbranched alkanes of at least 4 members (excludes halogenated alkanes) is 2. The molecule has 0 amide bonds. The van der Waals surface area contributed by atoms with Gasteiger partial charge in [-0.25, -0.2) is 0 Å². The lowest BCUT2D eigenvalue weighted by molar-refractivity contribution is -0.146. The first-order valence-corrected chi connectivity index (χ1v) is 10.1. The molecule has 0 aromatic heterocycles. The molecule has 0 aliphatic rings. The molecule has 1 N–H and O–H groups in total. The zero-order chi connectivity index (χ0) is 20.2. The van der Waals surface area contributed by atoms with Gasteiger partial charge in [-0.15, -0.1) is 0 Å². The summed E-state index contributed by atoms with van der Waals surface area (Å²) in [5, 5.41) is 8.65. The van der Waals surface area contributed by atoms with E-state index in [0.29, 0.717) is 12.8 Å². The number of carbonyl (C=O) groups is 2. The van der Waals surface area contributed by atoms with Crippen molar-refractivity contribution in [2.75, 3.05) is 0 Å². The van der Waals surface area contributed by atoms with E-state index in [4.69, 9.17) is 9.84 Å². The van der Waals surface area contributed by atoms with Crippen molar-refractivity contribution in [3.05, 3.63) is 48.6 Å². The molecule has 1 unspecified atom stereocenters. The van der Waals surface area contributed by atoms with Gasteiger partial charge in [0.25, 0.3) is 0 Å². The first-order chi connectivity index (χ1) is 13.1. The van der Waals surface area contributed by atoms with E-state index in [9.17, 15) is 9.59 Å². The lowest BCUT2D eigenvalue weighted by Gasteiger charge is -2.13. The molecule has 0 fully saturated rings. The van der Waals surface area contributed by atoms with Gasteiger partial charge in [0, 0.05) is 12.8 Å². The van der Waals surface area contributed by atoms with Crippen LogP contribution in [0.2, 0.25) is 0 Å². The van der Waals surface area contributed by atoms with Crippen molar-refractivity contribution in [1.82, 2.24) is 0 Å². The smallest absolute Gasteiger partial charge is 0.306 e. The Bertz CT molecular complexity index is 501. The van der Waals surface area contributed by atoms with Gasteiger partial charge in [-0.1, -0.05) is 62.8 Å². The van der Waals surface area contributed by atoms with Crippen molar-refractivity contribution >= 4 is 11.9 Å². The second-order valence-corrected chi connectivity index (χ2v) is 6.33. The molecule has 4 heteroatoms. The molecule has 0 aliphatic carbocycles. The average Bonchev–Trinajstić information content (AvgIpc) is 2.65. The van der Waals surface area contributed by atoms with E-state index in [0.717, 1.165) is 44.9 Å². The third-order valence-corrected chi connectivity index (χ3v) is 3.85. The Morgan fingerprint density at radius 2 is 1.44 bits per heavy atom. The molecule has 0 aromatic rings. The van der Waals surface area contributed by atoms with Crippen LogP contribution in [0.1, 0.15) is 78.1 Å². The molecule has 0 rings (SSSR count). The fourth-order valence-corrected chi connectivity index (χ4v) is 2.36. The average molecular weight is 377 g/mol. The van der Waals surface area contributed by atoms with E-state index in [2.05, 4.69) is 43.4 Å². The predicted octanol–water partition coefficient (Wildman–Crippen LogP) is 6.15. The van der Waals surface area contributed by atoms with Crippen LogP contribution in [0.5, 0.6) is 0 Å². The molecule has 0 aliphatic heterocycles. The summed E-state index contributed by atoms with van der Waals surface area (Å²) in [6, 6.07) is 0. The van der Waals surface area contributed by atoms with Crippen LogP contribution in [0.25, 0.3) is 0 Å². The minimum Gasteiger partial charge on any atom is -0.481 e. The second-order valence-electron chi connectivity index (χ2n) is 6.33. The van der Waals surface area contributed by atoms with Gasteiger partial charge in [-0.2, -0.15) is 0 Å². The van der Waals surface area contributed by atoms with Crippen molar-refractivity contribution in [3.8, 4) is 0 Å². The minimum absolute atomic E-state index is 0.198. The zero-order valence-electron chi connectivity index (χ0n) is 16.9. The first kappa shape index (κ1) is 24.9. The van der Waals surface area contributed by atoms with E-state index in [1.165, 1.54) is 0 Å². The van der Waals surface area contributed by atoms with Gasteiger partial charge >= 0.3 is 11.9 Å². The van der Waals surface area contributed by atoms with Crippen LogP contribution in [0.4, 0.5) is 0 Å². The lowest BCUT2D eigenvalue weighted by atomic mass is 10.1. The predicted molar refractivity (Wildman–Crippen MR) is 112 cm³/mol. The fourth-order valence-electron chi connectivity index (χ4n) is 2.36. The monoisotopic (exact) mass is 376 g/mol. The van der Waals surface area contributed by atoms with Crippen LogP contribution in [0, 0.1) is 0 Å². The lowest BCUT2D eigenvalue weighted by Crippen LogP contribution is -2.15. The number of allylic oxidation sites excluding steroid dienone is 7. The van der Waals surface area contributed by atoms with Crippen LogP contribution < -0.4 is 0 Å². The molecule has 0 saturated heterocycles. The van der Waals surface area contributed by atoms with E-state index < -0.39 is 5.97 Å². The number of hydrogen-bond donors (Lipinski definition) is 1. The zero-order valence-corrected chi connectivity index (χ0v) is 16.9. The van der Waals surface area contributed by atoms with Crippen LogP contribution >= 0.6 is 0 Å². The van der Waals surface area contributed by atoms with E-state index in [-0.39, 0.29) is 18.5 Å². The maximum absolute atomic E-state index is 11.5. The maximum Gasteiger partial charge on any atom is 0.306 e.